The molecule has 0 unspecified atom stereocenters. The molecular formula is C16H17F3N6. The average molecular weight is 350 g/mol. The van der Waals surface area contributed by atoms with Crippen LogP contribution in [-0.4, -0.2) is 46.1 Å². The Morgan fingerprint density at radius 1 is 1.04 bits per heavy atom. The lowest BCUT2D eigenvalue weighted by molar-refractivity contribution is 0.145. The predicted molar refractivity (Wildman–Crippen MR) is 85.4 cm³/mol. The van der Waals surface area contributed by atoms with Crippen molar-refractivity contribution in [3.63, 3.8) is 0 Å². The van der Waals surface area contributed by atoms with Crippen molar-refractivity contribution in [2.75, 3.05) is 36.0 Å². The Hall–Kier alpha value is -2.45. The van der Waals surface area contributed by atoms with Gasteiger partial charge in [0.1, 0.15) is 23.7 Å². The van der Waals surface area contributed by atoms with Crippen LogP contribution in [0, 0.1) is 5.82 Å². The molecular weight excluding hydrogens is 333 g/mol. The van der Waals surface area contributed by atoms with Crippen LogP contribution in [0.1, 0.15) is 36.7 Å². The Kier molecular flexibility index (Phi) is 4.14. The summed E-state index contributed by atoms with van der Waals surface area (Å²) in [6, 6.07) is 1.36. The summed E-state index contributed by atoms with van der Waals surface area (Å²) in [5, 5.41) is 0. The molecule has 0 atom stereocenters. The molecule has 132 valence electrons. The largest absolute Gasteiger partial charge is 0.353 e. The van der Waals surface area contributed by atoms with Gasteiger partial charge in [0.25, 0.3) is 6.43 Å². The van der Waals surface area contributed by atoms with Gasteiger partial charge in [0.2, 0.25) is 0 Å². The summed E-state index contributed by atoms with van der Waals surface area (Å²) >= 11 is 0. The maximum atomic E-state index is 13.8. The van der Waals surface area contributed by atoms with Gasteiger partial charge in [0.05, 0.1) is 6.20 Å². The second kappa shape index (κ2) is 6.45. The summed E-state index contributed by atoms with van der Waals surface area (Å²) in [6.07, 6.45) is 1.73. The number of anilines is 2. The Labute approximate surface area is 142 Å². The smallest absolute Gasteiger partial charge is 0.280 e. The molecule has 2 aromatic rings. The molecule has 1 aliphatic carbocycles. The molecule has 2 aromatic heterocycles. The number of hydrogen-bond acceptors (Lipinski definition) is 6. The molecule has 0 N–H and O–H groups in total. The predicted octanol–water partition coefficient (Wildman–Crippen LogP) is 2.55. The Morgan fingerprint density at radius 2 is 1.76 bits per heavy atom. The Morgan fingerprint density at radius 3 is 2.40 bits per heavy atom. The van der Waals surface area contributed by atoms with Crippen LogP contribution in [0.3, 0.4) is 0 Å². The fourth-order valence-corrected chi connectivity index (χ4v) is 2.96. The van der Waals surface area contributed by atoms with E-state index in [0.29, 0.717) is 37.8 Å². The van der Waals surface area contributed by atoms with E-state index in [2.05, 4.69) is 19.9 Å². The van der Waals surface area contributed by atoms with E-state index in [-0.39, 0.29) is 17.4 Å². The zero-order valence-corrected chi connectivity index (χ0v) is 13.4. The number of alkyl halides is 2. The normalized spacial score (nSPS) is 18.1. The summed E-state index contributed by atoms with van der Waals surface area (Å²) in [4.78, 5) is 19.9. The van der Waals surface area contributed by atoms with E-state index in [9.17, 15) is 13.2 Å². The van der Waals surface area contributed by atoms with Gasteiger partial charge < -0.3 is 9.80 Å². The highest BCUT2D eigenvalue weighted by atomic mass is 19.3. The molecule has 2 aliphatic rings. The molecule has 1 saturated carbocycles. The summed E-state index contributed by atoms with van der Waals surface area (Å²) < 4.78 is 40.1. The molecule has 0 aromatic carbocycles. The van der Waals surface area contributed by atoms with E-state index < -0.39 is 12.2 Å². The highest BCUT2D eigenvalue weighted by molar-refractivity contribution is 5.46. The molecule has 4 rings (SSSR count). The maximum absolute atomic E-state index is 13.8. The number of nitrogens with zero attached hydrogens (tertiary/aromatic N) is 6. The SMILES string of the molecule is Fc1cncnc1N1CCN(c2cc(C(F)F)nc(C3CC3)n2)CC1. The van der Waals surface area contributed by atoms with E-state index in [1.54, 1.807) is 0 Å². The van der Waals surface area contributed by atoms with Gasteiger partial charge in [-0.2, -0.15) is 0 Å². The molecule has 0 amide bonds. The van der Waals surface area contributed by atoms with Gasteiger partial charge >= 0.3 is 0 Å². The summed E-state index contributed by atoms with van der Waals surface area (Å²) in [7, 11) is 0. The molecule has 0 spiro atoms. The van der Waals surface area contributed by atoms with Gasteiger partial charge in [0.15, 0.2) is 11.6 Å². The topological polar surface area (TPSA) is 58.0 Å². The van der Waals surface area contributed by atoms with Crippen molar-refractivity contribution in [1.82, 2.24) is 19.9 Å². The second-order valence-corrected chi connectivity index (χ2v) is 6.25. The van der Waals surface area contributed by atoms with E-state index >= 15 is 0 Å². The monoisotopic (exact) mass is 350 g/mol. The average Bonchev–Trinajstić information content (AvgIpc) is 3.47. The fraction of sp³-hybridized carbons (Fsp3) is 0.500. The lowest BCUT2D eigenvalue weighted by Gasteiger charge is -2.36. The zero-order valence-electron chi connectivity index (χ0n) is 13.4. The van der Waals surface area contributed by atoms with Crippen LogP contribution in [0.15, 0.2) is 18.6 Å². The molecule has 0 radical (unpaired) electrons. The van der Waals surface area contributed by atoms with Gasteiger partial charge in [-0.25, -0.2) is 33.1 Å². The van der Waals surface area contributed by atoms with Crippen molar-refractivity contribution in [3.05, 3.63) is 35.9 Å². The number of rotatable bonds is 4. The third-order valence-corrected chi connectivity index (χ3v) is 4.47. The van der Waals surface area contributed by atoms with Crippen molar-refractivity contribution in [1.29, 1.82) is 0 Å². The Bertz CT molecular complexity index is 739. The van der Waals surface area contributed by atoms with Gasteiger partial charge in [-0.3, -0.25) is 0 Å². The molecule has 2 fully saturated rings. The first-order valence-corrected chi connectivity index (χ1v) is 8.24. The highest BCUT2D eigenvalue weighted by Crippen LogP contribution is 2.39. The molecule has 1 saturated heterocycles. The molecule has 0 bridgehead atoms. The van der Waals surface area contributed by atoms with Crippen LogP contribution in [0.4, 0.5) is 24.8 Å². The third kappa shape index (κ3) is 3.35. The highest BCUT2D eigenvalue weighted by Gasteiger charge is 2.30. The van der Waals surface area contributed by atoms with Crippen molar-refractivity contribution >= 4 is 11.6 Å². The number of hydrogen-bond donors (Lipinski definition) is 0. The molecule has 1 aliphatic heterocycles. The van der Waals surface area contributed by atoms with Crippen LogP contribution in [0.25, 0.3) is 0 Å². The first-order valence-electron chi connectivity index (χ1n) is 8.24. The van der Waals surface area contributed by atoms with Crippen molar-refractivity contribution < 1.29 is 13.2 Å². The number of aromatic nitrogens is 4. The van der Waals surface area contributed by atoms with Crippen LogP contribution < -0.4 is 9.80 Å². The Balaban J connectivity index is 1.51. The maximum Gasteiger partial charge on any atom is 0.280 e. The van der Waals surface area contributed by atoms with Crippen LogP contribution in [0.2, 0.25) is 0 Å². The summed E-state index contributed by atoms with van der Waals surface area (Å²) in [5.41, 5.74) is -0.226. The summed E-state index contributed by atoms with van der Waals surface area (Å²) in [5.74, 6) is 1.04. The lowest BCUT2D eigenvalue weighted by Crippen LogP contribution is -2.47. The third-order valence-electron chi connectivity index (χ3n) is 4.47. The standard InChI is InChI=1S/C16H17F3N6/c17-11-8-20-9-21-16(11)25-5-3-24(4-6-25)13-7-12(14(18)19)22-15(23-13)10-1-2-10/h7-10,14H,1-6H2. The molecule has 9 heteroatoms. The minimum absolute atomic E-state index is 0.203. The van der Waals surface area contributed by atoms with Gasteiger partial charge in [0, 0.05) is 38.2 Å². The number of piperazine rings is 1. The fourth-order valence-electron chi connectivity index (χ4n) is 2.96. The van der Waals surface area contributed by atoms with Crippen LogP contribution >= 0.6 is 0 Å². The minimum atomic E-state index is -2.62. The van der Waals surface area contributed by atoms with E-state index in [1.807, 2.05) is 9.80 Å². The first-order chi connectivity index (χ1) is 12.1. The van der Waals surface area contributed by atoms with Gasteiger partial charge in [-0.15, -0.1) is 0 Å². The van der Waals surface area contributed by atoms with Crippen molar-refractivity contribution in [3.8, 4) is 0 Å². The summed E-state index contributed by atoms with van der Waals surface area (Å²) in [6.45, 7) is 2.15. The van der Waals surface area contributed by atoms with Crippen LogP contribution in [-0.2, 0) is 0 Å². The van der Waals surface area contributed by atoms with E-state index in [1.165, 1.54) is 12.4 Å². The number of halogens is 3. The van der Waals surface area contributed by atoms with Crippen molar-refractivity contribution in [2.45, 2.75) is 25.2 Å². The lowest BCUT2D eigenvalue weighted by atomic mass is 10.2. The van der Waals surface area contributed by atoms with Gasteiger partial charge in [-0.05, 0) is 12.8 Å². The van der Waals surface area contributed by atoms with E-state index in [4.69, 9.17) is 0 Å². The quantitative estimate of drug-likeness (QED) is 0.845. The molecule has 3 heterocycles. The van der Waals surface area contributed by atoms with Crippen molar-refractivity contribution in [2.24, 2.45) is 0 Å². The van der Waals surface area contributed by atoms with Gasteiger partial charge in [-0.1, -0.05) is 0 Å². The minimum Gasteiger partial charge on any atom is -0.353 e. The second-order valence-electron chi connectivity index (χ2n) is 6.25. The van der Waals surface area contributed by atoms with E-state index in [0.717, 1.165) is 19.0 Å². The molecule has 6 nitrogen and oxygen atoms in total. The molecule has 25 heavy (non-hydrogen) atoms. The zero-order chi connectivity index (χ0) is 17.4. The first kappa shape index (κ1) is 16.0. The van der Waals surface area contributed by atoms with Crippen LogP contribution in [0.5, 0.6) is 0 Å².